The molecule has 0 aromatic heterocycles. The Morgan fingerprint density at radius 3 is 2.41 bits per heavy atom. The third-order valence-electron chi connectivity index (χ3n) is 6.43. The normalized spacial score (nSPS) is 34.0. The van der Waals surface area contributed by atoms with Gasteiger partial charge in [-0.05, 0) is 23.6 Å². The number of fused-ring (bicyclic) bond motifs is 2. The molecule has 2 heterocycles. The minimum absolute atomic E-state index is 0.0495. The highest BCUT2D eigenvalue weighted by Gasteiger charge is 2.44. The maximum absolute atomic E-state index is 9.65. The first-order valence-electron chi connectivity index (χ1n) is 10.1. The van der Waals surface area contributed by atoms with Gasteiger partial charge in [-0.25, -0.2) is 0 Å². The van der Waals surface area contributed by atoms with Crippen molar-refractivity contribution < 1.29 is 0 Å². The van der Waals surface area contributed by atoms with Crippen LogP contribution in [0.15, 0.2) is 95.5 Å². The number of nitriles is 2. The lowest BCUT2D eigenvalue weighted by Gasteiger charge is -2.41. The number of hydrogen-bond donors (Lipinski definition) is 1. The summed E-state index contributed by atoms with van der Waals surface area (Å²) >= 11 is 0. The van der Waals surface area contributed by atoms with Crippen LogP contribution in [0.2, 0.25) is 0 Å². The second-order valence-electron chi connectivity index (χ2n) is 7.93. The summed E-state index contributed by atoms with van der Waals surface area (Å²) in [6, 6.07) is 5.14. The second-order valence-corrected chi connectivity index (χ2v) is 7.93. The molecular weight excluding hydrogens is 356 g/mol. The van der Waals surface area contributed by atoms with E-state index in [-0.39, 0.29) is 23.9 Å². The Bertz CT molecular complexity index is 1050. The summed E-state index contributed by atoms with van der Waals surface area (Å²) in [6.45, 7) is 0.744. The molecule has 142 valence electrons. The van der Waals surface area contributed by atoms with Gasteiger partial charge in [0.05, 0.1) is 29.6 Å². The SMILES string of the molecule is N#CC1=CNCC=C1C1C=CC=CC1N1C2=C(CC(C#N)C=C2)C2C=CC=CC21. The Hall–Kier alpha value is -3.50. The topological polar surface area (TPSA) is 62.9 Å². The predicted octanol–water partition coefficient (Wildman–Crippen LogP) is 3.81. The van der Waals surface area contributed by atoms with Gasteiger partial charge >= 0.3 is 0 Å². The number of dihydropyridines is 1. The quantitative estimate of drug-likeness (QED) is 0.794. The zero-order valence-corrected chi connectivity index (χ0v) is 16.1. The minimum Gasteiger partial charge on any atom is -0.386 e. The zero-order valence-electron chi connectivity index (χ0n) is 16.1. The minimum atomic E-state index is -0.0495. The van der Waals surface area contributed by atoms with Gasteiger partial charge in [0.15, 0.2) is 0 Å². The standard InChI is InChI=1S/C25H22N4/c26-14-17-9-10-25-22(13-17)21-6-2-4-8-24(21)29(25)23-7-3-1-5-20(23)19-11-12-28-16-18(19)15-27/h1-11,16-17,20-21,23-24,28H,12-13H2. The van der Waals surface area contributed by atoms with E-state index < -0.39 is 0 Å². The highest BCUT2D eigenvalue weighted by molar-refractivity contribution is 5.51. The van der Waals surface area contributed by atoms with Crippen molar-refractivity contribution in [1.29, 1.82) is 10.5 Å². The molecule has 0 aromatic rings. The Balaban J connectivity index is 1.56. The predicted molar refractivity (Wildman–Crippen MR) is 113 cm³/mol. The molecule has 1 N–H and O–H groups in total. The van der Waals surface area contributed by atoms with E-state index in [1.165, 1.54) is 11.3 Å². The first-order chi connectivity index (χ1) is 14.3. The number of allylic oxidation sites excluding steroid dienone is 7. The summed E-state index contributed by atoms with van der Waals surface area (Å²) in [5, 5.41) is 22.3. The molecule has 2 aliphatic heterocycles. The molecule has 0 spiro atoms. The molecule has 0 saturated carbocycles. The molecule has 0 saturated heterocycles. The van der Waals surface area contributed by atoms with Crippen molar-refractivity contribution in [2.24, 2.45) is 17.8 Å². The maximum Gasteiger partial charge on any atom is 0.101 e. The zero-order chi connectivity index (χ0) is 19.8. The van der Waals surface area contributed by atoms with Crippen LogP contribution in [-0.2, 0) is 0 Å². The van der Waals surface area contributed by atoms with E-state index in [9.17, 15) is 10.5 Å². The third kappa shape index (κ3) is 2.80. The summed E-state index contributed by atoms with van der Waals surface area (Å²) in [5.41, 5.74) is 4.41. The molecule has 3 aliphatic carbocycles. The molecule has 0 aromatic carbocycles. The number of nitrogens with one attached hydrogen (secondary N) is 1. The lowest BCUT2D eigenvalue weighted by molar-refractivity contribution is 0.231. The van der Waals surface area contributed by atoms with Crippen LogP contribution in [0.3, 0.4) is 0 Å². The Kier molecular flexibility index (Phi) is 4.34. The lowest BCUT2D eigenvalue weighted by Crippen LogP contribution is -2.44. The van der Waals surface area contributed by atoms with Crippen LogP contribution in [0.1, 0.15) is 6.42 Å². The van der Waals surface area contributed by atoms with Crippen LogP contribution in [0.25, 0.3) is 0 Å². The van der Waals surface area contributed by atoms with Crippen molar-refractivity contribution >= 4 is 0 Å². The van der Waals surface area contributed by atoms with Crippen molar-refractivity contribution in [3.8, 4) is 12.1 Å². The van der Waals surface area contributed by atoms with Gasteiger partial charge in [-0.3, -0.25) is 0 Å². The first-order valence-corrected chi connectivity index (χ1v) is 10.1. The van der Waals surface area contributed by atoms with Crippen molar-refractivity contribution in [1.82, 2.24) is 10.2 Å². The van der Waals surface area contributed by atoms with Crippen molar-refractivity contribution in [2.75, 3.05) is 6.54 Å². The number of nitrogens with zero attached hydrogens (tertiary/aromatic N) is 3. The van der Waals surface area contributed by atoms with Crippen molar-refractivity contribution in [2.45, 2.75) is 18.5 Å². The first kappa shape index (κ1) is 17.6. The summed E-state index contributed by atoms with van der Waals surface area (Å²) < 4.78 is 0. The van der Waals surface area contributed by atoms with E-state index in [0.717, 1.165) is 18.5 Å². The Morgan fingerprint density at radius 2 is 1.66 bits per heavy atom. The monoisotopic (exact) mass is 378 g/mol. The Labute approximate surface area is 171 Å². The van der Waals surface area contributed by atoms with Gasteiger partial charge in [-0.2, -0.15) is 10.5 Å². The van der Waals surface area contributed by atoms with Crippen molar-refractivity contribution in [3.05, 3.63) is 95.5 Å². The largest absolute Gasteiger partial charge is 0.386 e. The summed E-state index contributed by atoms with van der Waals surface area (Å²) in [7, 11) is 0. The van der Waals surface area contributed by atoms with E-state index in [1.807, 2.05) is 12.3 Å². The van der Waals surface area contributed by atoms with Gasteiger partial charge in [-0.15, -0.1) is 0 Å². The number of rotatable bonds is 2. The molecular formula is C25H22N4. The molecule has 0 fully saturated rings. The average molecular weight is 378 g/mol. The van der Waals surface area contributed by atoms with Gasteiger partial charge in [0.2, 0.25) is 0 Å². The molecule has 0 amide bonds. The van der Waals surface area contributed by atoms with E-state index in [2.05, 4.69) is 83.1 Å². The Morgan fingerprint density at radius 1 is 0.931 bits per heavy atom. The fourth-order valence-corrected chi connectivity index (χ4v) is 5.16. The highest BCUT2D eigenvalue weighted by atomic mass is 15.2. The van der Waals surface area contributed by atoms with E-state index in [4.69, 9.17) is 0 Å². The summed E-state index contributed by atoms with van der Waals surface area (Å²) in [6.07, 6.45) is 26.4. The van der Waals surface area contributed by atoms with Crippen molar-refractivity contribution in [3.63, 3.8) is 0 Å². The van der Waals surface area contributed by atoms with Crippen LogP contribution in [-0.4, -0.2) is 23.5 Å². The average Bonchev–Trinajstić information content (AvgIpc) is 3.12. The van der Waals surface area contributed by atoms with Gasteiger partial charge < -0.3 is 10.2 Å². The molecule has 4 heteroatoms. The summed E-state index contributed by atoms with van der Waals surface area (Å²) in [5.74, 6) is 0.372. The molecule has 29 heavy (non-hydrogen) atoms. The molecule has 5 aliphatic rings. The molecule has 5 rings (SSSR count). The number of hydrogen-bond acceptors (Lipinski definition) is 4. The second kappa shape index (κ2) is 7.15. The smallest absolute Gasteiger partial charge is 0.101 e. The molecule has 5 atom stereocenters. The molecule has 5 unspecified atom stereocenters. The summed E-state index contributed by atoms with van der Waals surface area (Å²) in [4.78, 5) is 2.51. The maximum atomic E-state index is 9.65. The van der Waals surface area contributed by atoms with Crippen LogP contribution in [0, 0.1) is 40.4 Å². The van der Waals surface area contributed by atoms with Crippen LogP contribution in [0.5, 0.6) is 0 Å². The van der Waals surface area contributed by atoms with Gasteiger partial charge in [0.25, 0.3) is 0 Å². The fourth-order valence-electron chi connectivity index (χ4n) is 5.16. The van der Waals surface area contributed by atoms with Crippen LogP contribution < -0.4 is 5.32 Å². The lowest BCUT2D eigenvalue weighted by atomic mass is 9.81. The van der Waals surface area contributed by atoms with Gasteiger partial charge in [-0.1, -0.05) is 60.8 Å². The fraction of sp³-hybridized carbons (Fsp3) is 0.280. The molecule has 0 bridgehead atoms. The van der Waals surface area contributed by atoms with E-state index >= 15 is 0 Å². The van der Waals surface area contributed by atoms with E-state index in [1.54, 1.807) is 0 Å². The molecule has 0 radical (unpaired) electrons. The van der Waals surface area contributed by atoms with Crippen LogP contribution >= 0.6 is 0 Å². The van der Waals surface area contributed by atoms with E-state index in [0.29, 0.717) is 11.5 Å². The highest BCUT2D eigenvalue weighted by Crippen LogP contribution is 2.47. The van der Waals surface area contributed by atoms with Gasteiger partial charge in [0, 0.05) is 30.3 Å². The van der Waals surface area contributed by atoms with Gasteiger partial charge in [0.1, 0.15) is 6.07 Å². The molecule has 4 nitrogen and oxygen atoms in total. The third-order valence-corrected chi connectivity index (χ3v) is 6.43. The van der Waals surface area contributed by atoms with Crippen LogP contribution in [0.4, 0.5) is 0 Å².